The fourth-order valence-electron chi connectivity index (χ4n) is 1.50. The fraction of sp³-hybridized carbons (Fsp3) is 0.500. The molecule has 1 aromatic rings. The summed E-state index contributed by atoms with van der Waals surface area (Å²) < 4.78 is 0. The topological polar surface area (TPSA) is 0 Å². The first-order valence-corrected chi connectivity index (χ1v) is 5.30. The van der Waals surface area contributed by atoms with Crippen molar-refractivity contribution in [1.82, 2.24) is 0 Å². The summed E-state index contributed by atoms with van der Waals surface area (Å²) in [6.07, 6.45) is 3.53. The van der Waals surface area contributed by atoms with Crippen LogP contribution < -0.4 is 0 Å². The summed E-state index contributed by atoms with van der Waals surface area (Å²) in [5.74, 6) is 0.758. The van der Waals surface area contributed by atoms with Crippen molar-refractivity contribution in [2.75, 3.05) is 0 Å². The van der Waals surface area contributed by atoms with E-state index in [1.165, 1.54) is 18.4 Å². The molecule has 0 aliphatic rings. The van der Waals surface area contributed by atoms with Crippen molar-refractivity contribution in [3.8, 4) is 0 Å². The van der Waals surface area contributed by atoms with E-state index < -0.39 is 0 Å². The zero-order valence-corrected chi connectivity index (χ0v) is 9.06. The van der Waals surface area contributed by atoms with Gasteiger partial charge in [-0.2, -0.15) is 0 Å². The Morgan fingerprint density at radius 1 is 1.38 bits per heavy atom. The minimum atomic E-state index is 0.758. The van der Waals surface area contributed by atoms with Gasteiger partial charge in [0.2, 0.25) is 0 Å². The molecule has 0 nitrogen and oxygen atoms in total. The van der Waals surface area contributed by atoms with Crippen LogP contribution in [0.15, 0.2) is 18.2 Å². The maximum absolute atomic E-state index is 6.03. The lowest BCUT2D eigenvalue weighted by Crippen LogP contribution is -2.01. The lowest BCUT2D eigenvalue weighted by Gasteiger charge is -2.12. The van der Waals surface area contributed by atoms with E-state index in [-0.39, 0.29) is 0 Å². The van der Waals surface area contributed by atoms with Crippen LogP contribution in [0, 0.1) is 12.0 Å². The van der Waals surface area contributed by atoms with E-state index >= 15 is 0 Å². The van der Waals surface area contributed by atoms with Gasteiger partial charge in [0.15, 0.2) is 0 Å². The number of hydrogen-bond donors (Lipinski definition) is 0. The highest BCUT2D eigenvalue weighted by molar-refractivity contribution is 6.31. The molecule has 0 unspecified atom stereocenters. The first kappa shape index (κ1) is 10.6. The van der Waals surface area contributed by atoms with E-state index in [1.807, 2.05) is 12.1 Å². The molecule has 0 heterocycles. The molecule has 13 heavy (non-hydrogen) atoms. The minimum Gasteiger partial charge on any atom is -0.0834 e. The Morgan fingerprint density at radius 3 is 2.62 bits per heavy atom. The molecule has 71 valence electrons. The number of rotatable bonds is 4. The van der Waals surface area contributed by atoms with E-state index in [2.05, 4.69) is 26.0 Å². The third-order valence-electron chi connectivity index (χ3n) is 2.55. The predicted molar refractivity (Wildman–Crippen MR) is 58.1 cm³/mol. The second-order valence-corrected chi connectivity index (χ2v) is 3.77. The second-order valence-electron chi connectivity index (χ2n) is 3.40. The van der Waals surface area contributed by atoms with Crippen molar-refractivity contribution >= 4 is 11.6 Å². The standard InChI is InChI=1S/C12H16Cl/c1-3-10(4-2)9-11-7-5-6-8-12(11)13/h5-7,10H,3-4,9H2,1-2H3. The summed E-state index contributed by atoms with van der Waals surface area (Å²) in [4.78, 5) is 0. The van der Waals surface area contributed by atoms with E-state index in [1.54, 1.807) is 0 Å². The van der Waals surface area contributed by atoms with Crippen LogP contribution in [0.5, 0.6) is 0 Å². The smallest absolute Gasteiger partial charge is 0.0517 e. The highest BCUT2D eigenvalue weighted by atomic mass is 35.5. The van der Waals surface area contributed by atoms with Gasteiger partial charge in [-0.15, -0.1) is 0 Å². The van der Waals surface area contributed by atoms with E-state index in [0.717, 1.165) is 17.4 Å². The van der Waals surface area contributed by atoms with Crippen molar-refractivity contribution < 1.29 is 0 Å². The van der Waals surface area contributed by atoms with Gasteiger partial charge < -0.3 is 0 Å². The normalized spacial score (nSPS) is 10.8. The lowest BCUT2D eigenvalue weighted by molar-refractivity contribution is 0.490. The first-order valence-electron chi connectivity index (χ1n) is 4.93. The van der Waals surface area contributed by atoms with Gasteiger partial charge in [0.05, 0.1) is 5.02 Å². The second kappa shape index (κ2) is 5.29. The molecule has 1 aromatic carbocycles. The van der Waals surface area contributed by atoms with Gasteiger partial charge in [0, 0.05) is 6.07 Å². The third kappa shape index (κ3) is 3.04. The van der Waals surface area contributed by atoms with Crippen molar-refractivity contribution in [3.05, 3.63) is 34.9 Å². The van der Waals surface area contributed by atoms with Crippen LogP contribution in [-0.4, -0.2) is 0 Å². The Morgan fingerprint density at radius 2 is 2.08 bits per heavy atom. The van der Waals surface area contributed by atoms with Crippen LogP contribution in [0.25, 0.3) is 0 Å². The van der Waals surface area contributed by atoms with Crippen LogP contribution in [0.2, 0.25) is 5.02 Å². The number of halogens is 1. The van der Waals surface area contributed by atoms with Gasteiger partial charge in [-0.25, -0.2) is 0 Å². The Hall–Kier alpha value is -0.490. The SMILES string of the molecule is CCC(CC)Cc1ccc[c]c1Cl. The maximum Gasteiger partial charge on any atom is 0.0517 e. The monoisotopic (exact) mass is 195 g/mol. The van der Waals surface area contributed by atoms with Crippen LogP contribution in [0.4, 0.5) is 0 Å². The molecule has 0 atom stereocenters. The molecular weight excluding hydrogens is 180 g/mol. The largest absolute Gasteiger partial charge is 0.0834 e. The van der Waals surface area contributed by atoms with E-state index in [4.69, 9.17) is 11.6 Å². The number of benzene rings is 1. The Labute approximate surface area is 85.9 Å². The molecule has 0 aliphatic carbocycles. The summed E-state index contributed by atoms with van der Waals surface area (Å²) in [5, 5.41) is 0.786. The van der Waals surface area contributed by atoms with Gasteiger partial charge in [0.1, 0.15) is 0 Å². The van der Waals surface area contributed by atoms with E-state index in [9.17, 15) is 0 Å². The number of hydrogen-bond acceptors (Lipinski definition) is 0. The first-order chi connectivity index (χ1) is 6.27. The van der Waals surface area contributed by atoms with Crippen molar-refractivity contribution in [3.63, 3.8) is 0 Å². The van der Waals surface area contributed by atoms with Crippen LogP contribution in [0.1, 0.15) is 32.3 Å². The summed E-state index contributed by atoms with van der Waals surface area (Å²) in [5.41, 5.74) is 1.23. The zero-order valence-electron chi connectivity index (χ0n) is 8.31. The molecule has 0 fully saturated rings. The van der Waals surface area contributed by atoms with Gasteiger partial charge in [-0.3, -0.25) is 0 Å². The summed E-state index contributed by atoms with van der Waals surface area (Å²) >= 11 is 6.03. The fourth-order valence-corrected chi connectivity index (χ4v) is 1.70. The highest BCUT2D eigenvalue weighted by Gasteiger charge is 2.06. The Balaban J connectivity index is 2.67. The maximum atomic E-state index is 6.03. The van der Waals surface area contributed by atoms with Crippen LogP contribution in [-0.2, 0) is 6.42 Å². The van der Waals surface area contributed by atoms with Crippen LogP contribution in [0.3, 0.4) is 0 Å². The lowest BCUT2D eigenvalue weighted by atomic mass is 9.95. The molecule has 1 heteroatoms. The molecule has 0 saturated carbocycles. The average molecular weight is 196 g/mol. The molecular formula is C12H16Cl. The summed E-state index contributed by atoms with van der Waals surface area (Å²) in [6.45, 7) is 4.46. The van der Waals surface area contributed by atoms with E-state index in [0.29, 0.717) is 0 Å². The predicted octanol–water partition coefficient (Wildman–Crippen LogP) is 4.12. The Bertz CT molecular complexity index is 251. The molecule has 0 amide bonds. The van der Waals surface area contributed by atoms with Crippen LogP contribution >= 0.6 is 11.6 Å². The molecule has 1 rings (SSSR count). The van der Waals surface area contributed by atoms with Crippen molar-refractivity contribution in [2.45, 2.75) is 33.1 Å². The van der Waals surface area contributed by atoms with Crippen molar-refractivity contribution in [2.24, 2.45) is 5.92 Å². The zero-order chi connectivity index (χ0) is 9.68. The van der Waals surface area contributed by atoms with Gasteiger partial charge >= 0.3 is 0 Å². The molecule has 0 N–H and O–H groups in total. The third-order valence-corrected chi connectivity index (χ3v) is 2.90. The molecule has 0 saturated heterocycles. The summed E-state index contributed by atoms with van der Waals surface area (Å²) in [7, 11) is 0. The molecule has 0 bridgehead atoms. The molecule has 1 radical (unpaired) electrons. The van der Waals surface area contributed by atoms with Crippen molar-refractivity contribution in [1.29, 1.82) is 0 Å². The quantitative estimate of drug-likeness (QED) is 0.678. The molecule has 0 aromatic heterocycles. The molecule has 0 spiro atoms. The summed E-state index contributed by atoms with van der Waals surface area (Å²) in [6, 6.07) is 8.98. The van der Waals surface area contributed by atoms with Gasteiger partial charge in [-0.1, -0.05) is 56.5 Å². The highest BCUT2D eigenvalue weighted by Crippen LogP contribution is 2.21. The minimum absolute atomic E-state index is 0.758. The van der Waals surface area contributed by atoms with Gasteiger partial charge in [-0.05, 0) is 17.9 Å². The Kier molecular flexibility index (Phi) is 4.31. The molecule has 0 aliphatic heterocycles. The average Bonchev–Trinajstić information content (AvgIpc) is 2.17. The van der Waals surface area contributed by atoms with Gasteiger partial charge in [0.25, 0.3) is 0 Å².